The second kappa shape index (κ2) is 3.67. The summed E-state index contributed by atoms with van der Waals surface area (Å²) in [5, 5.41) is 0. The van der Waals surface area contributed by atoms with Gasteiger partial charge in [-0.3, -0.25) is 5.92 Å². The van der Waals surface area contributed by atoms with Crippen LogP contribution in [-0.2, 0) is 25.9 Å². The van der Waals surface area contributed by atoms with E-state index in [1.54, 1.807) is 6.92 Å². The zero-order chi connectivity index (χ0) is 10.7. The monoisotopic (exact) mass is 378 g/mol. The molecule has 0 aromatic heterocycles. The number of carbonyl (C=O) groups excluding carboxylic acids is 1. The first-order chi connectivity index (χ1) is 6.41. The van der Waals surface area contributed by atoms with Crippen LogP contribution in [0.25, 0.3) is 0 Å². The first-order valence-corrected chi connectivity index (χ1v) is 5.52. The number of fused-ring (bicyclic) bond motifs is 1. The van der Waals surface area contributed by atoms with Gasteiger partial charge in [0.05, 0.1) is 0 Å². The molecule has 2 nitrogen and oxygen atoms in total. The largest absolute Gasteiger partial charge is 0.324 e. The Labute approximate surface area is 107 Å². The number of Topliss-reactive ketones (excluding diaryl/α,β-unsaturated/α-hetero) is 1. The Morgan fingerprint density at radius 3 is 2.40 bits per heavy atom. The molecule has 1 aliphatic carbocycles. The number of hydrogen-bond acceptors (Lipinski definition) is 2. The van der Waals surface area contributed by atoms with Gasteiger partial charge in [-0.25, -0.2) is 0 Å². The Bertz CT molecular complexity index is 293. The maximum atomic E-state index is 11.7. The Balaban J connectivity index is 0.00000112. The van der Waals surface area contributed by atoms with E-state index in [4.69, 9.17) is 0 Å². The summed E-state index contributed by atoms with van der Waals surface area (Å²) in [6, 6.07) is 0.500. The molecule has 1 saturated heterocycles. The van der Waals surface area contributed by atoms with Gasteiger partial charge in [-0.2, -0.15) is 6.42 Å². The molecule has 2 fully saturated rings. The van der Waals surface area contributed by atoms with E-state index >= 15 is 0 Å². The fourth-order valence-corrected chi connectivity index (χ4v) is 3.33. The molecule has 0 aromatic rings. The minimum Gasteiger partial charge on any atom is -0.324 e. The molecule has 3 atom stereocenters. The number of rotatable bonds is 2. The molecular formula is C12H20NOW-. The van der Waals surface area contributed by atoms with Crippen molar-refractivity contribution in [2.75, 3.05) is 7.05 Å². The predicted molar refractivity (Wildman–Crippen MR) is 56.9 cm³/mol. The molecule has 0 N–H and O–H groups in total. The summed E-state index contributed by atoms with van der Waals surface area (Å²) in [5.74, 6) is 1.81. The van der Waals surface area contributed by atoms with Crippen molar-refractivity contribution in [3.8, 4) is 0 Å². The van der Waals surface area contributed by atoms with Crippen LogP contribution in [0.1, 0.15) is 40.5 Å². The van der Waals surface area contributed by atoms with Crippen molar-refractivity contribution in [3.05, 3.63) is 5.92 Å². The molecule has 86 valence electrons. The van der Waals surface area contributed by atoms with Gasteiger partial charge in [-0.05, 0) is 20.0 Å². The van der Waals surface area contributed by atoms with Crippen molar-refractivity contribution in [1.29, 1.82) is 0 Å². The molecule has 0 spiro atoms. The maximum Gasteiger partial charge on any atom is 0.117 e. The van der Waals surface area contributed by atoms with E-state index in [0.717, 1.165) is 12.8 Å². The number of hydrogen-bond donors (Lipinski definition) is 0. The molecule has 1 saturated carbocycles. The summed E-state index contributed by atoms with van der Waals surface area (Å²) in [6.07, 6.45) is 2.15. The van der Waals surface area contributed by atoms with Crippen LogP contribution in [0.2, 0.25) is 0 Å². The summed E-state index contributed by atoms with van der Waals surface area (Å²) in [5.41, 5.74) is 0.102. The Hall–Kier alpha value is 0.318. The van der Waals surface area contributed by atoms with Crippen molar-refractivity contribution in [2.24, 2.45) is 5.41 Å². The summed E-state index contributed by atoms with van der Waals surface area (Å²) in [6.45, 7) is 8.51. The third-order valence-electron chi connectivity index (χ3n) is 4.92. The van der Waals surface area contributed by atoms with Gasteiger partial charge in [0.2, 0.25) is 0 Å². The van der Waals surface area contributed by atoms with Crippen LogP contribution in [-0.4, -0.2) is 29.3 Å². The van der Waals surface area contributed by atoms with Crippen LogP contribution in [0.5, 0.6) is 0 Å². The third kappa shape index (κ3) is 1.34. The summed E-state index contributed by atoms with van der Waals surface area (Å²) in [7, 11) is 2.10. The Kier molecular flexibility index (Phi) is 3.27. The second-order valence-electron chi connectivity index (χ2n) is 5.13. The number of ketones is 1. The van der Waals surface area contributed by atoms with Gasteiger partial charge >= 0.3 is 0 Å². The number of likely N-dealkylation sites (N-methyl/N-ethyl adjacent to an activating group) is 1. The molecule has 2 rings (SSSR count). The number of carbonyl (C=O) groups is 1. The minimum absolute atomic E-state index is 0. The first kappa shape index (κ1) is 13.4. The van der Waals surface area contributed by atoms with E-state index in [1.165, 1.54) is 5.92 Å². The third-order valence-corrected chi connectivity index (χ3v) is 4.92. The molecule has 15 heavy (non-hydrogen) atoms. The molecule has 1 aliphatic heterocycles. The SMILES string of the molecule is CCC1(C)[C-]2CC2(C(C)=O)N(C)C1C.[W]. The van der Waals surface area contributed by atoms with Crippen molar-refractivity contribution in [3.63, 3.8) is 0 Å². The molecule has 2 aliphatic rings. The van der Waals surface area contributed by atoms with Gasteiger partial charge in [0.15, 0.2) is 0 Å². The van der Waals surface area contributed by atoms with Crippen LogP contribution >= 0.6 is 0 Å². The fraction of sp³-hybridized carbons (Fsp3) is 0.833. The standard InChI is InChI=1S/C12H20NO.W/c1-6-11(4)8(2)13(5)12(9(3)14)7-10(11)12;/h8H,6-7H2,1-5H3;/q-1;. The Morgan fingerprint density at radius 1 is 1.60 bits per heavy atom. The molecule has 0 radical (unpaired) electrons. The molecule has 0 amide bonds. The first-order valence-electron chi connectivity index (χ1n) is 5.52. The normalized spacial score (nSPS) is 44.7. The average molecular weight is 378 g/mol. The second-order valence-corrected chi connectivity index (χ2v) is 5.13. The van der Waals surface area contributed by atoms with Crippen molar-refractivity contribution in [1.82, 2.24) is 4.90 Å². The minimum atomic E-state index is -0.163. The van der Waals surface area contributed by atoms with Crippen LogP contribution in [0.3, 0.4) is 0 Å². The number of piperidine rings is 1. The molecule has 0 aromatic carbocycles. The van der Waals surface area contributed by atoms with E-state index in [1.807, 2.05) is 0 Å². The predicted octanol–water partition coefficient (Wildman–Crippen LogP) is 2.04. The van der Waals surface area contributed by atoms with Gasteiger partial charge in [-0.1, -0.05) is 32.7 Å². The van der Waals surface area contributed by atoms with Gasteiger partial charge < -0.3 is 9.69 Å². The van der Waals surface area contributed by atoms with Crippen molar-refractivity contribution < 1.29 is 25.9 Å². The smallest absolute Gasteiger partial charge is 0.117 e. The van der Waals surface area contributed by atoms with Gasteiger partial charge in [-0.15, -0.1) is 5.41 Å². The molecular weight excluding hydrogens is 358 g/mol. The number of likely N-dealkylation sites (tertiary alicyclic amines) is 1. The van der Waals surface area contributed by atoms with Crippen LogP contribution < -0.4 is 0 Å². The average Bonchev–Trinajstić information content (AvgIpc) is 2.87. The van der Waals surface area contributed by atoms with Crippen LogP contribution in [0.4, 0.5) is 0 Å². The van der Waals surface area contributed by atoms with Gasteiger partial charge in [0.1, 0.15) is 5.78 Å². The fourth-order valence-electron chi connectivity index (χ4n) is 3.33. The molecule has 3 heteroatoms. The van der Waals surface area contributed by atoms with Crippen LogP contribution in [0.15, 0.2) is 0 Å². The van der Waals surface area contributed by atoms with Crippen molar-refractivity contribution >= 4 is 5.78 Å². The van der Waals surface area contributed by atoms with Crippen LogP contribution in [0, 0.1) is 11.3 Å². The van der Waals surface area contributed by atoms with Gasteiger partial charge in [0.25, 0.3) is 0 Å². The molecule has 0 bridgehead atoms. The zero-order valence-electron chi connectivity index (χ0n) is 10.3. The topological polar surface area (TPSA) is 20.3 Å². The Morgan fingerprint density at radius 2 is 2.13 bits per heavy atom. The van der Waals surface area contributed by atoms with E-state index in [2.05, 4.69) is 32.7 Å². The summed E-state index contributed by atoms with van der Waals surface area (Å²) >= 11 is 0. The molecule has 3 unspecified atom stereocenters. The quantitative estimate of drug-likeness (QED) is 0.686. The molecule has 1 heterocycles. The van der Waals surface area contributed by atoms with E-state index in [0.29, 0.717) is 11.8 Å². The number of nitrogens with zero attached hydrogens (tertiary/aromatic N) is 1. The zero-order valence-corrected chi connectivity index (χ0v) is 13.2. The maximum absolute atomic E-state index is 11.7. The van der Waals surface area contributed by atoms with E-state index in [9.17, 15) is 4.79 Å². The van der Waals surface area contributed by atoms with E-state index in [-0.39, 0.29) is 32.0 Å². The summed E-state index contributed by atoms with van der Waals surface area (Å²) < 4.78 is 0. The van der Waals surface area contributed by atoms with E-state index < -0.39 is 0 Å². The van der Waals surface area contributed by atoms with Crippen molar-refractivity contribution in [2.45, 2.75) is 52.1 Å². The summed E-state index contributed by atoms with van der Waals surface area (Å²) in [4.78, 5) is 14.0. The van der Waals surface area contributed by atoms with Gasteiger partial charge in [0, 0.05) is 21.1 Å².